The van der Waals surface area contributed by atoms with Gasteiger partial charge >= 0.3 is 10.1 Å². The Labute approximate surface area is 112 Å². The average Bonchev–Trinajstić information content (AvgIpc) is 2.41. The van der Waals surface area contributed by atoms with Crippen molar-refractivity contribution in [1.29, 1.82) is 0 Å². The van der Waals surface area contributed by atoms with Crippen LogP contribution in [0.15, 0.2) is 53.4 Å². The van der Waals surface area contributed by atoms with Crippen LogP contribution >= 0.6 is 0 Å². The maximum atomic E-state index is 12.0. The van der Waals surface area contributed by atoms with Gasteiger partial charge in [0.25, 0.3) is 0 Å². The molecule has 0 aliphatic rings. The van der Waals surface area contributed by atoms with Gasteiger partial charge in [-0.05, 0) is 19.1 Å². The molecule has 0 atom stereocenters. The van der Waals surface area contributed by atoms with E-state index in [9.17, 15) is 8.42 Å². The Morgan fingerprint density at radius 3 is 2.11 bits per heavy atom. The van der Waals surface area contributed by atoms with E-state index in [1.165, 1.54) is 24.3 Å². The van der Waals surface area contributed by atoms with Gasteiger partial charge in [-0.2, -0.15) is 8.42 Å². The summed E-state index contributed by atoms with van der Waals surface area (Å²) >= 11 is 0. The molecule has 0 aliphatic heterocycles. The molecule has 0 aromatic heterocycles. The van der Waals surface area contributed by atoms with Crippen LogP contribution in [0.2, 0.25) is 0 Å². The van der Waals surface area contributed by atoms with Crippen LogP contribution in [-0.4, -0.2) is 8.42 Å². The maximum absolute atomic E-state index is 12.0. The molecule has 4 nitrogen and oxygen atoms in total. The summed E-state index contributed by atoms with van der Waals surface area (Å²) in [5.74, 6) is 0.264. The van der Waals surface area contributed by atoms with Gasteiger partial charge in [-0.1, -0.05) is 42.0 Å². The molecule has 0 unspecified atom stereocenters. The van der Waals surface area contributed by atoms with Gasteiger partial charge in [-0.25, -0.2) is 4.85 Å². The van der Waals surface area contributed by atoms with Crippen LogP contribution in [0.4, 0.5) is 5.69 Å². The summed E-state index contributed by atoms with van der Waals surface area (Å²) in [5, 5.41) is 0. The van der Waals surface area contributed by atoms with E-state index in [0.29, 0.717) is 5.69 Å². The van der Waals surface area contributed by atoms with Gasteiger partial charge in [-0.3, -0.25) is 0 Å². The molecule has 19 heavy (non-hydrogen) atoms. The predicted octanol–water partition coefficient (Wildman–Crippen LogP) is 3.31. The first kappa shape index (κ1) is 13.1. The van der Waals surface area contributed by atoms with Gasteiger partial charge in [0, 0.05) is 0 Å². The SMILES string of the molecule is [C-]#[N+]c1ccc(S(=O)(=O)Oc2ccc(C)cc2)cc1. The molecule has 5 heteroatoms. The van der Waals surface area contributed by atoms with Crippen LogP contribution in [-0.2, 0) is 10.1 Å². The van der Waals surface area contributed by atoms with Gasteiger partial charge in [0.1, 0.15) is 10.6 Å². The van der Waals surface area contributed by atoms with E-state index in [0.717, 1.165) is 5.56 Å². The fourth-order valence-corrected chi connectivity index (χ4v) is 2.39. The number of aryl methyl sites for hydroxylation is 1. The van der Waals surface area contributed by atoms with Crippen LogP contribution in [0.3, 0.4) is 0 Å². The van der Waals surface area contributed by atoms with E-state index >= 15 is 0 Å². The van der Waals surface area contributed by atoms with Crippen molar-refractivity contribution in [2.45, 2.75) is 11.8 Å². The number of hydrogen-bond acceptors (Lipinski definition) is 3. The summed E-state index contributed by atoms with van der Waals surface area (Å²) in [5.41, 5.74) is 1.40. The lowest BCUT2D eigenvalue weighted by Gasteiger charge is -2.07. The fraction of sp³-hybridized carbons (Fsp3) is 0.0714. The van der Waals surface area contributed by atoms with E-state index in [1.54, 1.807) is 24.3 Å². The van der Waals surface area contributed by atoms with Gasteiger partial charge < -0.3 is 4.18 Å². The normalized spacial score (nSPS) is 10.7. The Bertz CT molecular complexity index is 711. The van der Waals surface area contributed by atoms with Crippen molar-refractivity contribution in [1.82, 2.24) is 0 Å². The molecule has 0 saturated carbocycles. The van der Waals surface area contributed by atoms with Gasteiger partial charge in [0.05, 0.1) is 6.57 Å². The highest BCUT2D eigenvalue weighted by Crippen LogP contribution is 2.21. The highest BCUT2D eigenvalue weighted by atomic mass is 32.2. The summed E-state index contributed by atoms with van der Waals surface area (Å²) in [6, 6.07) is 12.3. The van der Waals surface area contributed by atoms with Gasteiger partial charge in [0.2, 0.25) is 0 Å². The minimum Gasteiger partial charge on any atom is -0.379 e. The molecule has 0 N–H and O–H groups in total. The van der Waals surface area contributed by atoms with Crippen LogP contribution in [0.5, 0.6) is 5.75 Å². The van der Waals surface area contributed by atoms with E-state index in [2.05, 4.69) is 4.85 Å². The van der Waals surface area contributed by atoms with Crippen molar-refractivity contribution in [3.63, 3.8) is 0 Å². The first-order chi connectivity index (χ1) is 9.01. The summed E-state index contributed by atoms with van der Waals surface area (Å²) in [6.07, 6.45) is 0. The molecular weight excluding hydrogens is 262 g/mol. The third-order valence-electron chi connectivity index (χ3n) is 2.48. The Morgan fingerprint density at radius 1 is 1.00 bits per heavy atom. The molecule has 0 radical (unpaired) electrons. The molecule has 0 saturated heterocycles. The topological polar surface area (TPSA) is 47.7 Å². The van der Waals surface area contributed by atoms with E-state index in [1.807, 2.05) is 6.92 Å². The molecule has 0 aliphatic carbocycles. The molecule has 96 valence electrons. The summed E-state index contributed by atoms with van der Waals surface area (Å²) in [7, 11) is -3.85. The first-order valence-electron chi connectivity index (χ1n) is 5.50. The third kappa shape index (κ3) is 3.12. The third-order valence-corrected chi connectivity index (χ3v) is 3.74. The fourth-order valence-electron chi connectivity index (χ4n) is 1.46. The minimum absolute atomic E-state index is 0.0282. The number of rotatable bonds is 3. The van der Waals surface area contributed by atoms with Crippen LogP contribution in [0.25, 0.3) is 4.85 Å². The van der Waals surface area contributed by atoms with E-state index in [-0.39, 0.29) is 10.6 Å². The molecule has 0 amide bonds. The van der Waals surface area contributed by atoms with Crippen molar-refractivity contribution >= 4 is 15.8 Å². The zero-order valence-corrected chi connectivity index (χ0v) is 11.0. The van der Waals surface area contributed by atoms with E-state index in [4.69, 9.17) is 10.8 Å². The van der Waals surface area contributed by atoms with Crippen LogP contribution in [0, 0.1) is 13.5 Å². The monoisotopic (exact) mass is 273 g/mol. The Kier molecular flexibility index (Phi) is 3.54. The van der Waals surface area contributed by atoms with E-state index < -0.39 is 10.1 Å². The van der Waals surface area contributed by atoms with Crippen molar-refractivity contribution in [2.75, 3.05) is 0 Å². The highest BCUT2D eigenvalue weighted by molar-refractivity contribution is 7.87. The summed E-state index contributed by atoms with van der Waals surface area (Å²) in [4.78, 5) is 3.23. The van der Waals surface area contributed by atoms with Crippen molar-refractivity contribution in [3.05, 3.63) is 65.5 Å². The van der Waals surface area contributed by atoms with Crippen molar-refractivity contribution in [2.24, 2.45) is 0 Å². The highest BCUT2D eigenvalue weighted by Gasteiger charge is 2.16. The van der Waals surface area contributed by atoms with Crippen molar-refractivity contribution < 1.29 is 12.6 Å². The first-order valence-corrected chi connectivity index (χ1v) is 6.91. The maximum Gasteiger partial charge on any atom is 0.339 e. The molecule has 0 bridgehead atoms. The van der Waals surface area contributed by atoms with Gasteiger partial charge in [0.15, 0.2) is 5.69 Å². The average molecular weight is 273 g/mol. The molecule has 2 aromatic rings. The van der Waals surface area contributed by atoms with Crippen molar-refractivity contribution in [3.8, 4) is 5.75 Å². The largest absolute Gasteiger partial charge is 0.379 e. The van der Waals surface area contributed by atoms with Crippen LogP contribution < -0.4 is 4.18 Å². The lowest BCUT2D eigenvalue weighted by atomic mass is 10.2. The zero-order valence-electron chi connectivity index (χ0n) is 10.2. The Balaban J connectivity index is 2.27. The molecule has 2 rings (SSSR count). The summed E-state index contributed by atoms with van der Waals surface area (Å²) < 4.78 is 29.0. The smallest absolute Gasteiger partial charge is 0.339 e. The minimum atomic E-state index is -3.85. The lowest BCUT2D eigenvalue weighted by Crippen LogP contribution is -2.09. The predicted molar refractivity (Wildman–Crippen MR) is 71.7 cm³/mol. The Morgan fingerprint density at radius 2 is 1.58 bits per heavy atom. The molecule has 0 heterocycles. The standard InChI is InChI=1S/C14H11NO3S/c1-11-3-7-13(8-4-11)18-19(16,17)14-9-5-12(15-2)6-10-14/h3-10H,1H3. The summed E-state index contributed by atoms with van der Waals surface area (Å²) in [6.45, 7) is 8.72. The van der Waals surface area contributed by atoms with Crippen LogP contribution in [0.1, 0.15) is 5.56 Å². The molecule has 0 fully saturated rings. The second-order valence-corrected chi connectivity index (χ2v) is 5.50. The number of hydrogen-bond donors (Lipinski definition) is 0. The quantitative estimate of drug-likeness (QED) is 0.636. The zero-order chi connectivity index (χ0) is 13.9. The molecule has 0 spiro atoms. The molecule has 2 aromatic carbocycles. The number of benzene rings is 2. The number of nitrogens with zero attached hydrogens (tertiary/aromatic N) is 1. The molecular formula is C14H11NO3S. The second kappa shape index (κ2) is 5.12. The van der Waals surface area contributed by atoms with Gasteiger partial charge in [-0.15, -0.1) is 0 Å². The lowest BCUT2D eigenvalue weighted by molar-refractivity contribution is 0.486. The Hall–Kier alpha value is -2.32. The second-order valence-electron chi connectivity index (χ2n) is 3.96.